The Hall–Kier alpha value is -1.90. The minimum Gasteiger partial charge on any atom is -0.365 e. The van der Waals surface area contributed by atoms with Crippen LogP contribution < -0.4 is 4.90 Å². The third-order valence-corrected chi connectivity index (χ3v) is 5.38. The van der Waals surface area contributed by atoms with Gasteiger partial charge in [-0.3, -0.25) is 4.98 Å². The second-order valence-electron chi connectivity index (χ2n) is 5.88. The third-order valence-electron chi connectivity index (χ3n) is 4.50. The van der Waals surface area contributed by atoms with Crippen LogP contribution in [-0.2, 0) is 0 Å². The van der Waals surface area contributed by atoms with E-state index < -0.39 is 0 Å². The number of hydrogen-bond donors (Lipinski definition) is 0. The van der Waals surface area contributed by atoms with E-state index >= 15 is 0 Å². The molecule has 2 aliphatic rings. The van der Waals surface area contributed by atoms with Crippen LogP contribution in [0.4, 0.5) is 5.69 Å². The molecule has 2 atom stereocenters. The summed E-state index contributed by atoms with van der Waals surface area (Å²) in [5.74, 6) is 0.775. The Bertz CT molecular complexity index is 704. The number of anilines is 1. The van der Waals surface area contributed by atoms with Crippen LogP contribution in [0.25, 0.3) is 10.6 Å². The van der Waals surface area contributed by atoms with Gasteiger partial charge >= 0.3 is 0 Å². The van der Waals surface area contributed by atoms with E-state index in [1.807, 2.05) is 29.8 Å². The molecular weight excluding hydrogens is 280 g/mol. The predicted octanol–water partition coefficient (Wildman–Crippen LogP) is 2.43. The Balaban J connectivity index is 1.65. The Morgan fingerprint density at radius 1 is 1.38 bits per heavy atom. The molecule has 106 valence electrons. The van der Waals surface area contributed by atoms with Gasteiger partial charge in [0, 0.05) is 31.6 Å². The normalized spacial score (nSPS) is 24.5. The molecule has 2 aromatic heterocycles. The van der Waals surface area contributed by atoms with E-state index in [9.17, 15) is 5.26 Å². The van der Waals surface area contributed by atoms with Crippen molar-refractivity contribution in [3.05, 3.63) is 35.3 Å². The highest BCUT2D eigenvalue weighted by Crippen LogP contribution is 2.37. The molecule has 4 rings (SSSR count). The van der Waals surface area contributed by atoms with E-state index in [-0.39, 0.29) is 0 Å². The average molecular weight is 296 g/mol. The molecule has 0 bridgehead atoms. The number of nitriles is 1. The van der Waals surface area contributed by atoms with Gasteiger partial charge in [0.2, 0.25) is 0 Å². The fourth-order valence-corrected chi connectivity index (χ4v) is 4.19. The van der Waals surface area contributed by atoms with E-state index in [0.29, 0.717) is 11.6 Å². The predicted molar refractivity (Wildman–Crippen MR) is 84.4 cm³/mol. The lowest BCUT2D eigenvalue weighted by Gasteiger charge is -2.45. The second kappa shape index (κ2) is 4.83. The van der Waals surface area contributed by atoms with Crippen LogP contribution in [0.5, 0.6) is 0 Å². The first-order valence-electron chi connectivity index (χ1n) is 7.15. The van der Waals surface area contributed by atoms with Crippen molar-refractivity contribution in [3.8, 4) is 16.6 Å². The number of aromatic nitrogens is 1. The highest BCUT2D eigenvalue weighted by molar-refractivity contribution is 7.13. The van der Waals surface area contributed by atoms with Gasteiger partial charge in [-0.25, -0.2) is 0 Å². The fourth-order valence-electron chi connectivity index (χ4n) is 3.45. The SMILES string of the molecule is CN1CC2CN(c3cnc(-c4cccs4)c(C#N)c3)C2C1. The molecule has 4 nitrogen and oxygen atoms in total. The highest BCUT2D eigenvalue weighted by atomic mass is 32.1. The number of likely N-dealkylation sites (N-methyl/N-ethyl adjacent to an activating group) is 1. The molecule has 4 heterocycles. The lowest BCUT2D eigenvalue weighted by Crippen LogP contribution is -2.55. The molecule has 0 saturated carbocycles. The number of pyridine rings is 1. The van der Waals surface area contributed by atoms with Gasteiger partial charge in [0.25, 0.3) is 0 Å². The van der Waals surface area contributed by atoms with Crippen molar-refractivity contribution in [2.75, 3.05) is 31.6 Å². The highest BCUT2D eigenvalue weighted by Gasteiger charge is 2.44. The Morgan fingerprint density at radius 3 is 3.00 bits per heavy atom. The molecular formula is C16H16N4S. The Labute approximate surface area is 128 Å². The maximum absolute atomic E-state index is 9.43. The molecule has 0 spiro atoms. The molecule has 2 aliphatic heterocycles. The minimum absolute atomic E-state index is 0.593. The van der Waals surface area contributed by atoms with Gasteiger partial charge in [-0.05, 0) is 24.6 Å². The number of rotatable bonds is 2. The summed E-state index contributed by atoms with van der Waals surface area (Å²) in [4.78, 5) is 10.4. The first kappa shape index (κ1) is 12.8. The van der Waals surface area contributed by atoms with Crippen molar-refractivity contribution in [1.29, 1.82) is 5.26 Å². The molecule has 2 saturated heterocycles. The number of nitrogens with zero attached hydrogens (tertiary/aromatic N) is 4. The summed E-state index contributed by atoms with van der Waals surface area (Å²) in [6.45, 7) is 3.38. The van der Waals surface area contributed by atoms with Gasteiger partial charge in [0.1, 0.15) is 6.07 Å². The smallest absolute Gasteiger partial charge is 0.102 e. The number of hydrogen-bond acceptors (Lipinski definition) is 5. The zero-order valence-corrected chi connectivity index (χ0v) is 12.7. The summed E-state index contributed by atoms with van der Waals surface area (Å²) < 4.78 is 0. The van der Waals surface area contributed by atoms with Gasteiger partial charge in [-0.2, -0.15) is 5.26 Å². The summed E-state index contributed by atoms with van der Waals surface area (Å²) in [5, 5.41) is 11.4. The monoisotopic (exact) mass is 296 g/mol. The van der Waals surface area contributed by atoms with Crippen molar-refractivity contribution in [3.63, 3.8) is 0 Å². The Kier molecular flexibility index (Phi) is 2.95. The summed E-state index contributed by atoms with van der Waals surface area (Å²) in [7, 11) is 2.18. The average Bonchev–Trinajstić information content (AvgIpc) is 3.10. The van der Waals surface area contributed by atoms with Crippen LogP contribution in [0, 0.1) is 17.2 Å². The van der Waals surface area contributed by atoms with Gasteiger partial charge in [0.05, 0.1) is 28.0 Å². The quantitative estimate of drug-likeness (QED) is 0.853. The molecule has 5 heteroatoms. The van der Waals surface area contributed by atoms with Crippen molar-refractivity contribution in [1.82, 2.24) is 9.88 Å². The van der Waals surface area contributed by atoms with Gasteiger partial charge in [0.15, 0.2) is 0 Å². The van der Waals surface area contributed by atoms with E-state index in [1.165, 1.54) is 6.54 Å². The standard InChI is InChI=1S/C16H16N4S/c1-19-8-12-9-20(14(12)10-19)13-5-11(6-17)16(18-7-13)15-3-2-4-21-15/h2-5,7,12,14H,8-10H2,1H3. The molecule has 0 amide bonds. The summed E-state index contributed by atoms with van der Waals surface area (Å²) in [6, 6.07) is 8.90. The molecule has 0 N–H and O–H groups in total. The molecule has 0 aliphatic carbocycles. The maximum Gasteiger partial charge on any atom is 0.102 e. The number of likely N-dealkylation sites (tertiary alicyclic amines) is 1. The summed E-state index contributed by atoms with van der Waals surface area (Å²) >= 11 is 1.62. The van der Waals surface area contributed by atoms with Crippen LogP contribution >= 0.6 is 11.3 Å². The largest absolute Gasteiger partial charge is 0.365 e. The van der Waals surface area contributed by atoms with Crippen molar-refractivity contribution in [2.24, 2.45) is 5.92 Å². The zero-order chi connectivity index (χ0) is 14.4. The van der Waals surface area contributed by atoms with Crippen LogP contribution in [0.2, 0.25) is 0 Å². The van der Waals surface area contributed by atoms with Crippen molar-refractivity contribution >= 4 is 17.0 Å². The van der Waals surface area contributed by atoms with Crippen LogP contribution in [0.3, 0.4) is 0 Å². The van der Waals surface area contributed by atoms with Gasteiger partial charge < -0.3 is 9.80 Å². The van der Waals surface area contributed by atoms with E-state index in [1.54, 1.807) is 11.3 Å². The Morgan fingerprint density at radius 2 is 2.29 bits per heavy atom. The topological polar surface area (TPSA) is 43.2 Å². The van der Waals surface area contributed by atoms with E-state index in [0.717, 1.165) is 35.3 Å². The molecule has 21 heavy (non-hydrogen) atoms. The van der Waals surface area contributed by atoms with E-state index in [4.69, 9.17) is 0 Å². The second-order valence-corrected chi connectivity index (χ2v) is 6.83. The molecule has 0 aromatic carbocycles. The van der Waals surface area contributed by atoms with Crippen molar-refractivity contribution < 1.29 is 0 Å². The first-order valence-corrected chi connectivity index (χ1v) is 8.03. The zero-order valence-electron chi connectivity index (χ0n) is 11.9. The van der Waals surface area contributed by atoms with Gasteiger partial charge in [-0.15, -0.1) is 11.3 Å². The lowest BCUT2D eigenvalue weighted by atomic mass is 9.91. The molecule has 0 radical (unpaired) electrons. The number of thiophene rings is 1. The van der Waals surface area contributed by atoms with Crippen LogP contribution in [0.15, 0.2) is 29.8 Å². The van der Waals surface area contributed by atoms with Gasteiger partial charge in [-0.1, -0.05) is 6.07 Å². The molecule has 2 unspecified atom stereocenters. The summed E-state index contributed by atoms with van der Waals surface area (Å²) in [5.41, 5.74) is 2.56. The first-order chi connectivity index (χ1) is 10.3. The maximum atomic E-state index is 9.43. The number of fused-ring (bicyclic) bond motifs is 1. The van der Waals surface area contributed by atoms with E-state index in [2.05, 4.69) is 27.9 Å². The minimum atomic E-state index is 0.593. The fraction of sp³-hybridized carbons (Fsp3) is 0.375. The molecule has 2 fully saturated rings. The van der Waals surface area contributed by atoms with Crippen LogP contribution in [-0.4, -0.2) is 42.6 Å². The lowest BCUT2D eigenvalue weighted by molar-refractivity contribution is 0.361. The van der Waals surface area contributed by atoms with Crippen molar-refractivity contribution in [2.45, 2.75) is 6.04 Å². The van der Waals surface area contributed by atoms with Crippen LogP contribution in [0.1, 0.15) is 5.56 Å². The summed E-state index contributed by atoms with van der Waals surface area (Å²) in [6.07, 6.45) is 1.92. The third kappa shape index (κ3) is 2.03. The molecule has 2 aromatic rings.